The van der Waals surface area contributed by atoms with Crippen molar-refractivity contribution in [1.29, 1.82) is 0 Å². The summed E-state index contributed by atoms with van der Waals surface area (Å²) in [5.74, 6) is -0.424. The molecule has 1 saturated heterocycles. The Balaban J connectivity index is 1.65. The van der Waals surface area contributed by atoms with Crippen LogP contribution in [0.25, 0.3) is 0 Å². The van der Waals surface area contributed by atoms with Gasteiger partial charge in [0.1, 0.15) is 0 Å². The van der Waals surface area contributed by atoms with Gasteiger partial charge in [-0.1, -0.05) is 38.1 Å². The number of hydrogen-bond donors (Lipinski definition) is 2. The van der Waals surface area contributed by atoms with Crippen molar-refractivity contribution < 1.29 is 14.8 Å². The lowest BCUT2D eigenvalue weighted by molar-refractivity contribution is 0.0268. The zero-order chi connectivity index (χ0) is 24.0. The topological polar surface area (TPSA) is 76.1 Å². The maximum atomic E-state index is 13.4. The fourth-order valence-electron chi connectivity index (χ4n) is 4.70. The predicted octanol–water partition coefficient (Wildman–Crippen LogP) is 3.38. The number of nitrogens with one attached hydrogen (secondary N) is 1. The van der Waals surface area contributed by atoms with Gasteiger partial charge < -0.3 is 4.90 Å². The lowest BCUT2D eigenvalue weighted by Crippen LogP contribution is -2.58. The van der Waals surface area contributed by atoms with Gasteiger partial charge in [0.2, 0.25) is 0 Å². The molecule has 2 amide bonds. The summed E-state index contributed by atoms with van der Waals surface area (Å²) < 4.78 is 0. The Hall–Kier alpha value is -2.74. The Morgan fingerprint density at radius 1 is 0.970 bits per heavy atom. The van der Waals surface area contributed by atoms with Crippen molar-refractivity contribution in [3.63, 3.8) is 0 Å². The number of carbonyl (C=O) groups is 2. The highest BCUT2D eigenvalue weighted by molar-refractivity contribution is 5.95. The fraction of sp³-hybridized carbons (Fsp3) is 0.462. The summed E-state index contributed by atoms with van der Waals surface area (Å²) in [6.45, 7) is 13.7. The van der Waals surface area contributed by atoms with Crippen LogP contribution in [0.15, 0.2) is 48.5 Å². The molecular formula is C26H36N4O3. The minimum absolute atomic E-state index is 0.0899. The number of hydroxylamine groups is 1. The van der Waals surface area contributed by atoms with E-state index in [1.54, 1.807) is 17.6 Å². The van der Waals surface area contributed by atoms with E-state index in [1.165, 1.54) is 5.56 Å². The van der Waals surface area contributed by atoms with Gasteiger partial charge in [0.15, 0.2) is 0 Å². The second-order valence-electron chi connectivity index (χ2n) is 8.90. The minimum Gasteiger partial charge on any atom is -0.331 e. The van der Waals surface area contributed by atoms with Crippen LogP contribution in [0.1, 0.15) is 59.5 Å². The van der Waals surface area contributed by atoms with Crippen molar-refractivity contribution in [2.24, 2.45) is 0 Å². The Kier molecular flexibility index (Phi) is 8.61. The van der Waals surface area contributed by atoms with Crippen molar-refractivity contribution in [2.75, 3.05) is 26.2 Å². The number of benzene rings is 2. The van der Waals surface area contributed by atoms with E-state index in [9.17, 15) is 9.59 Å². The van der Waals surface area contributed by atoms with Crippen LogP contribution in [0.5, 0.6) is 0 Å². The van der Waals surface area contributed by atoms with Gasteiger partial charge in [0.05, 0.1) is 0 Å². The highest BCUT2D eigenvalue weighted by atomic mass is 16.5. The van der Waals surface area contributed by atoms with Crippen molar-refractivity contribution in [3.8, 4) is 0 Å². The number of amides is 2. The molecule has 2 N–H and O–H groups in total. The summed E-state index contributed by atoms with van der Waals surface area (Å²) in [6, 6.07) is 15.4. The van der Waals surface area contributed by atoms with Gasteiger partial charge in [-0.15, -0.1) is 0 Å². The van der Waals surface area contributed by atoms with E-state index in [0.29, 0.717) is 5.56 Å². The van der Waals surface area contributed by atoms with E-state index in [0.717, 1.165) is 50.4 Å². The summed E-state index contributed by atoms with van der Waals surface area (Å²) in [6.07, 6.45) is 0. The van der Waals surface area contributed by atoms with Crippen molar-refractivity contribution in [3.05, 3.63) is 70.8 Å². The highest BCUT2D eigenvalue weighted by Crippen LogP contribution is 2.22. The van der Waals surface area contributed by atoms with Crippen LogP contribution < -0.4 is 5.48 Å². The van der Waals surface area contributed by atoms with Gasteiger partial charge in [-0.3, -0.25) is 24.6 Å². The number of rotatable bonds is 8. The molecule has 0 radical (unpaired) electrons. The quantitative estimate of drug-likeness (QED) is 0.474. The zero-order valence-corrected chi connectivity index (χ0v) is 20.1. The Labute approximate surface area is 196 Å². The third kappa shape index (κ3) is 6.19. The summed E-state index contributed by atoms with van der Waals surface area (Å²) in [4.78, 5) is 31.6. The largest absolute Gasteiger partial charge is 0.331 e. The molecule has 0 saturated carbocycles. The minimum atomic E-state index is -0.517. The van der Waals surface area contributed by atoms with Crippen LogP contribution in [0, 0.1) is 0 Å². The number of hydrogen-bond acceptors (Lipinski definition) is 5. The number of nitrogens with zero attached hydrogens (tertiary/aromatic N) is 3. The molecule has 0 aromatic heterocycles. The van der Waals surface area contributed by atoms with E-state index in [-0.39, 0.29) is 18.0 Å². The summed E-state index contributed by atoms with van der Waals surface area (Å²) in [5, 5.41) is 8.76. The maximum absolute atomic E-state index is 13.4. The van der Waals surface area contributed by atoms with E-state index in [1.807, 2.05) is 35.2 Å². The highest BCUT2D eigenvalue weighted by Gasteiger charge is 2.33. The van der Waals surface area contributed by atoms with Crippen LogP contribution in [0.4, 0.5) is 0 Å². The second kappa shape index (κ2) is 11.4. The summed E-state index contributed by atoms with van der Waals surface area (Å²) in [7, 11) is 0. The first-order chi connectivity index (χ1) is 15.9. The molecule has 2 atom stereocenters. The molecule has 33 heavy (non-hydrogen) atoms. The summed E-state index contributed by atoms with van der Waals surface area (Å²) in [5.41, 5.74) is 5.08. The molecule has 7 heteroatoms. The van der Waals surface area contributed by atoms with Crippen LogP contribution in [-0.4, -0.2) is 70.0 Å². The van der Waals surface area contributed by atoms with Crippen molar-refractivity contribution in [2.45, 2.75) is 52.9 Å². The lowest BCUT2D eigenvalue weighted by Gasteiger charge is -2.44. The molecule has 1 heterocycles. The predicted molar refractivity (Wildman–Crippen MR) is 129 cm³/mol. The molecule has 3 rings (SSSR count). The van der Waals surface area contributed by atoms with Crippen LogP contribution in [0.2, 0.25) is 0 Å². The normalized spacial score (nSPS) is 19.0. The molecule has 178 valence electrons. The summed E-state index contributed by atoms with van der Waals surface area (Å²) >= 11 is 0. The molecule has 0 aliphatic carbocycles. The van der Waals surface area contributed by atoms with E-state index in [2.05, 4.69) is 43.6 Å². The number of piperazine rings is 1. The van der Waals surface area contributed by atoms with E-state index >= 15 is 0 Å². The fourth-order valence-corrected chi connectivity index (χ4v) is 4.70. The van der Waals surface area contributed by atoms with Gasteiger partial charge in [-0.2, -0.15) is 0 Å². The molecule has 0 bridgehead atoms. The zero-order valence-electron chi connectivity index (χ0n) is 20.1. The average molecular weight is 453 g/mol. The van der Waals surface area contributed by atoms with Gasteiger partial charge >= 0.3 is 0 Å². The van der Waals surface area contributed by atoms with Gasteiger partial charge in [0.25, 0.3) is 11.8 Å². The van der Waals surface area contributed by atoms with Crippen LogP contribution >= 0.6 is 0 Å². The molecule has 2 aromatic rings. The Bertz CT molecular complexity index is 931. The molecule has 7 nitrogen and oxygen atoms in total. The first-order valence-electron chi connectivity index (χ1n) is 11.8. The smallest absolute Gasteiger partial charge is 0.274 e. The Morgan fingerprint density at radius 2 is 1.61 bits per heavy atom. The van der Waals surface area contributed by atoms with Gasteiger partial charge in [-0.05, 0) is 62.3 Å². The van der Waals surface area contributed by atoms with Gasteiger partial charge in [-0.25, -0.2) is 5.48 Å². The third-order valence-electron chi connectivity index (χ3n) is 6.43. The lowest BCUT2D eigenvalue weighted by atomic mass is 10.0. The third-order valence-corrected chi connectivity index (χ3v) is 6.43. The first-order valence-corrected chi connectivity index (χ1v) is 11.8. The molecule has 1 aliphatic rings. The maximum Gasteiger partial charge on any atom is 0.274 e. The van der Waals surface area contributed by atoms with Crippen LogP contribution in [0.3, 0.4) is 0 Å². The SMILES string of the molecule is CCN(CC)Cc1cccc(C(=O)N2[C@H](C)CN(Cc3ccc(C(=O)NO)cc3)C[C@@H]2C)c1. The standard InChI is InChI=1S/C26H36N4O3/c1-5-28(6-2)18-22-8-7-9-24(14-22)26(32)30-19(3)15-29(16-20(30)4)17-21-10-12-23(13-11-21)25(31)27-33/h7-14,19-20,33H,5-6,15-18H2,1-4H3,(H,27,31)/t19-,20+. The molecule has 0 spiro atoms. The second-order valence-corrected chi connectivity index (χ2v) is 8.90. The van der Waals surface area contributed by atoms with Crippen molar-refractivity contribution in [1.82, 2.24) is 20.2 Å². The Morgan fingerprint density at radius 3 is 2.18 bits per heavy atom. The van der Waals surface area contributed by atoms with E-state index in [4.69, 9.17) is 5.21 Å². The molecule has 2 aromatic carbocycles. The number of carbonyl (C=O) groups excluding carboxylic acids is 2. The molecular weight excluding hydrogens is 416 g/mol. The monoisotopic (exact) mass is 452 g/mol. The van der Waals surface area contributed by atoms with Gasteiger partial charge in [0, 0.05) is 49.4 Å². The van der Waals surface area contributed by atoms with Crippen molar-refractivity contribution >= 4 is 11.8 Å². The average Bonchev–Trinajstić information content (AvgIpc) is 2.82. The molecule has 0 unspecified atom stereocenters. The van der Waals surface area contributed by atoms with E-state index < -0.39 is 5.91 Å². The first kappa shape index (κ1) is 24.9. The molecule has 1 fully saturated rings. The van der Waals surface area contributed by atoms with Crippen LogP contribution in [-0.2, 0) is 13.1 Å². The molecule has 1 aliphatic heterocycles.